The van der Waals surface area contributed by atoms with Gasteiger partial charge >= 0.3 is 0 Å². The summed E-state index contributed by atoms with van der Waals surface area (Å²) in [7, 11) is -2.26. The minimum absolute atomic E-state index is 0.0605. The number of carbonyl (C=O) groups is 3. The number of rotatable bonds is 13. The molecule has 242 valence electrons. The summed E-state index contributed by atoms with van der Waals surface area (Å²) in [6, 6.07) is 8.59. The molecule has 46 heavy (non-hydrogen) atoms. The fraction of sp³-hybridized carbons (Fsp3) is 0.387. The minimum Gasteiger partial charge on any atom is -0.497 e. The predicted octanol–water partition coefficient (Wildman–Crippen LogP) is 2.38. The van der Waals surface area contributed by atoms with Crippen LogP contribution in [0.15, 0.2) is 65.9 Å². The predicted molar refractivity (Wildman–Crippen MR) is 170 cm³/mol. The van der Waals surface area contributed by atoms with E-state index in [9.17, 15) is 22.8 Å². The number of oxime groups is 1. The molecule has 0 bridgehead atoms. The number of methoxy groups -OCH3 is 1. The minimum atomic E-state index is -3.84. The highest BCUT2D eigenvalue weighted by molar-refractivity contribution is 7.91. The van der Waals surface area contributed by atoms with Gasteiger partial charge < -0.3 is 24.8 Å². The molecule has 0 radical (unpaired) electrons. The summed E-state index contributed by atoms with van der Waals surface area (Å²) in [5.41, 5.74) is 0.228. The molecular formula is C31H34N6O7S2. The number of aromatic amines is 1. The molecule has 3 amide bonds. The molecule has 6 rings (SSSR count). The van der Waals surface area contributed by atoms with E-state index in [1.807, 2.05) is 35.7 Å². The van der Waals surface area contributed by atoms with E-state index in [0.717, 1.165) is 16.0 Å². The SMILES string of the molecule is C=C[C@@H]1C[C@@]1(NC(=O)C1CC(O/N=C/c2cc(OC)ccc2-c2cccs2)CN1C(=O)Cc1ncc[nH]1)C(=O)NS(=O)(=O)C1CC1. The van der Waals surface area contributed by atoms with Gasteiger partial charge in [0, 0.05) is 40.7 Å². The van der Waals surface area contributed by atoms with Crippen LogP contribution < -0.4 is 14.8 Å². The molecule has 2 aromatic heterocycles. The molecule has 0 spiro atoms. The van der Waals surface area contributed by atoms with Crippen LogP contribution in [-0.2, 0) is 35.7 Å². The second kappa shape index (κ2) is 12.7. The first kappa shape index (κ1) is 31.5. The van der Waals surface area contributed by atoms with Crippen molar-refractivity contribution in [1.82, 2.24) is 24.9 Å². The highest BCUT2D eigenvalue weighted by Gasteiger charge is 2.61. The number of nitrogens with zero attached hydrogens (tertiary/aromatic N) is 3. The molecule has 3 fully saturated rings. The van der Waals surface area contributed by atoms with Crippen molar-refractivity contribution in [1.29, 1.82) is 0 Å². The number of sulfonamides is 1. The summed E-state index contributed by atoms with van der Waals surface area (Å²) >= 11 is 1.58. The number of carbonyl (C=O) groups excluding carboxylic acids is 3. The lowest BCUT2D eigenvalue weighted by Crippen LogP contribution is -2.56. The number of ether oxygens (including phenoxy) is 1. The van der Waals surface area contributed by atoms with Gasteiger partial charge in [0.15, 0.2) is 0 Å². The number of amides is 3. The summed E-state index contributed by atoms with van der Waals surface area (Å²) in [4.78, 5) is 55.7. The molecule has 1 aliphatic heterocycles. The number of hydrogen-bond acceptors (Lipinski definition) is 10. The van der Waals surface area contributed by atoms with Crippen LogP contribution in [0.2, 0.25) is 0 Å². The fourth-order valence-corrected chi connectivity index (χ4v) is 7.80. The summed E-state index contributed by atoms with van der Waals surface area (Å²) in [5.74, 6) is -1.16. The Balaban J connectivity index is 1.19. The van der Waals surface area contributed by atoms with Gasteiger partial charge in [0.2, 0.25) is 21.8 Å². The van der Waals surface area contributed by atoms with Gasteiger partial charge in [0.05, 0.1) is 31.5 Å². The average Bonchev–Trinajstić information content (AvgIpc) is 3.79. The summed E-state index contributed by atoms with van der Waals surface area (Å²) in [5, 5.41) is 8.37. The lowest BCUT2D eigenvalue weighted by molar-refractivity contribution is -0.139. The van der Waals surface area contributed by atoms with E-state index in [1.54, 1.807) is 30.9 Å². The maximum absolute atomic E-state index is 13.8. The van der Waals surface area contributed by atoms with Gasteiger partial charge in [0.1, 0.15) is 29.3 Å². The fourth-order valence-electron chi connectivity index (χ4n) is 5.66. The number of aromatic nitrogens is 2. The van der Waals surface area contributed by atoms with Crippen LogP contribution in [0.5, 0.6) is 5.75 Å². The Morgan fingerprint density at radius 2 is 2.11 bits per heavy atom. The maximum Gasteiger partial charge on any atom is 0.259 e. The third-order valence-corrected chi connectivity index (χ3v) is 11.2. The Morgan fingerprint density at radius 3 is 2.76 bits per heavy atom. The lowest BCUT2D eigenvalue weighted by Gasteiger charge is -2.26. The van der Waals surface area contributed by atoms with E-state index in [1.165, 1.54) is 17.2 Å². The van der Waals surface area contributed by atoms with E-state index in [-0.39, 0.29) is 31.7 Å². The van der Waals surface area contributed by atoms with Gasteiger partial charge in [-0.15, -0.1) is 17.9 Å². The van der Waals surface area contributed by atoms with Crippen molar-refractivity contribution >= 4 is 45.3 Å². The van der Waals surface area contributed by atoms with Gasteiger partial charge in [-0.2, -0.15) is 0 Å². The molecule has 2 unspecified atom stereocenters. The van der Waals surface area contributed by atoms with Gasteiger partial charge in [-0.25, -0.2) is 13.4 Å². The molecule has 13 nitrogen and oxygen atoms in total. The van der Waals surface area contributed by atoms with Crippen LogP contribution in [0.25, 0.3) is 10.4 Å². The molecule has 1 saturated heterocycles. The standard InChI is InChI=1S/C31H34N6O7S2/c1-3-20-16-31(20,30(40)36-46(41,42)23-7-8-23)35-29(39)25-14-22(18-37(25)28(38)15-27-32-10-11-33-27)44-34-17-19-13-21(43-2)6-9-24(19)26-5-4-12-45-26/h3-6,9-13,17,20,22-23,25H,1,7-8,14-16,18H2,2H3,(H,32,33)(H,35,39)(H,36,40)/b34-17+/t20-,22?,25?,31+/m1/s1. The highest BCUT2D eigenvalue weighted by Crippen LogP contribution is 2.45. The Labute approximate surface area is 270 Å². The summed E-state index contributed by atoms with van der Waals surface area (Å²) < 4.78 is 32.5. The molecule has 3 aliphatic rings. The molecule has 2 aliphatic carbocycles. The number of H-pyrrole nitrogens is 1. The number of thiophene rings is 1. The van der Waals surface area contributed by atoms with E-state index in [0.29, 0.717) is 24.4 Å². The quantitative estimate of drug-likeness (QED) is 0.142. The average molecular weight is 667 g/mol. The summed E-state index contributed by atoms with van der Waals surface area (Å²) in [6.07, 6.45) is 6.75. The van der Waals surface area contributed by atoms with Crippen molar-refractivity contribution in [2.45, 2.75) is 55.0 Å². The van der Waals surface area contributed by atoms with Crippen LogP contribution in [0, 0.1) is 5.92 Å². The zero-order chi connectivity index (χ0) is 32.5. The Morgan fingerprint density at radius 1 is 1.28 bits per heavy atom. The van der Waals surface area contributed by atoms with Gasteiger partial charge in [0.25, 0.3) is 5.91 Å². The Bertz CT molecular complexity index is 1750. The maximum atomic E-state index is 13.8. The van der Waals surface area contributed by atoms with E-state index < -0.39 is 50.7 Å². The van der Waals surface area contributed by atoms with Crippen molar-refractivity contribution in [2.24, 2.45) is 11.1 Å². The van der Waals surface area contributed by atoms with Crippen molar-refractivity contribution in [3.8, 4) is 16.2 Å². The van der Waals surface area contributed by atoms with Gasteiger partial charge in [-0.3, -0.25) is 19.1 Å². The molecule has 1 aromatic carbocycles. The largest absolute Gasteiger partial charge is 0.497 e. The number of nitrogens with one attached hydrogen (secondary N) is 3. The smallest absolute Gasteiger partial charge is 0.259 e. The highest BCUT2D eigenvalue weighted by atomic mass is 32.2. The van der Waals surface area contributed by atoms with Crippen LogP contribution >= 0.6 is 11.3 Å². The van der Waals surface area contributed by atoms with Crippen molar-refractivity contribution in [3.05, 3.63) is 72.1 Å². The van der Waals surface area contributed by atoms with Crippen LogP contribution in [0.4, 0.5) is 0 Å². The number of hydrogen-bond donors (Lipinski definition) is 3. The van der Waals surface area contributed by atoms with Gasteiger partial charge in [-0.05, 0) is 48.9 Å². The Kier molecular flexibility index (Phi) is 8.70. The van der Waals surface area contributed by atoms with E-state index >= 15 is 0 Å². The number of likely N-dealkylation sites (tertiary alicyclic amines) is 1. The first-order valence-corrected chi connectivity index (χ1v) is 17.3. The third kappa shape index (κ3) is 6.56. The number of benzene rings is 1. The molecule has 3 heterocycles. The molecule has 2 saturated carbocycles. The van der Waals surface area contributed by atoms with Gasteiger partial charge in [-0.1, -0.05) is 17.3 Å². The van der Waals surface area contributed by atoms with Crippen molar-refractivity contribution < 1.29 is 32.4 Å². The van der Waals surface area contributed by atoms with E-state index in [2.05, 4.69) is 31.7 Å². The first-order valence-electron chi connectivity index (χ1n) is 14.8. The third-order valence-electron chi connectivity index (χ3n) is 8.46. The van der Waals surface area contributed by atoms with E-state index in [4.69, 9.17) is 9.57 Å². The molecule has 3 aromatic rings. The number of imidazole rings is 1. The normalized spacial score (nSPS) is 24.0. The zero-order valence-corrected chi connectivity index (χ0v) is 26.7. The Hall–Kier alpha value is -4.50. The molecule has 3 N–H and O–H groups in total. The monoisotopic (exact) mass is 666 g/mol. The summed E-state index contributed by atoms with van der Waals surface area (Å²) in [6.45, 7) is 3.80. The topological polar surface area (TPSA) is 172 Å². The first-order chi connectivity index (χ1) is 22.1. The van der Waals surface area contributed by atoms with Crippen LogP contribution in [-0.4, -0.2) is 83.8 Å². The molecular weight excluding hydrogens is 633 g/mol. The lowest BCUT2D eigenvalue weighted by atomic mass is 10.1. The molecule has 15 heteroatoms. The van der Waals surface area contributed by atoms with Crippen LogP contribution in [0.3, 0.4) is 0 Å². The van der Waals surface area contributed by atoms with Crippen LogP contribution in [0.1, 0.15) is 37.1 Å². The van der Waals surface area contributed by atoms with Crippen molar-refractivity contribution in [2.75, 3.05) is 13.7 Å². The second-order valence-corrected chi connectivity index (χ2v) is 14.5. The second-order valence-electron chi connectivity index (χ2n) is 11.6. The zero-order valence-electron chi connectivity index (χ0n) is 25.0. The molecule has 4 atom stereocenters. The van der Waals surface area contributed by atoms with Crippen molar-refractivity contribution in [3.63, 3.8) is 0 Å².